The summed E-state index contributed by atoms with van der Waals surface area (Å²) >= 11 is 0. The second kappa shape index (κ2) is 6.08. The molecule has 1 aliphatic heterocycles. The number of alkyl carbamates (subject to hydrolysis) is 1. The van der Waals surface area contributed by atoms with Crippen molar-refractivity contribution in [1.82, 2.24) is 10.4 Å². The van der Waals surface area contributed by atoms with Crippen molar-refractivity contribution in [2.45, 2.75) is 12.6 Å². The van der Waals surface area contributed by atoms with Crippen LogP contribution in [0.25, 0.3) is 0 Å². The van der Waals surface area contributed by atoms with E-state index < -0.39 is 28.4 Å². The third-order valence-electron chi connectivity index (χ3n) is 2.58. The molecule has 1 saturated heterocycles. The van der Waals surface area contributed by atoms with E-state index in [4.69, 9.17) is 9.29 Å². The molecule has 2 rings (SSSR count). The zero-order valence-electron chi connectivity index (χ0n) is 10.6. The van der Waals surface area contributed by atoms with Gasteiger partial charge in [0.1, 0.15) is 12.6 Å². The monoisotopic (exact) mass is 316 g/mol. The summed E-state index contributed by atoms with van der Waals surface area (Å²) in [7, 11) is -4.75. The largest absolute Gasteiger partial charge is 0.445 e. The molecule has 2 amide bonds. The predicted octanol–water partition coefficient (Wildman–Crippen LogP) is -0.142. The highest BCUT2D eigenvalue weighted by Gasteiger charge is 2.41. The van der Waals surface area contributed by atoms with Crippen LogP contribution in [0.4, 0.5) is 4.79 Å². The molecule has 0 saturated carbocycles. The molecule has 2 N–H and O–H groups in total. The van der Waals surface area contributed by atoms with E-state index in [0.29, 0.717) is 5.06 Å². The number of carbonyl (C=O) groups is 2. The summed E-state index contributed by atoms with van der Waals surface area (Å²) in [6.07, 6.45) is -0.816. The van der Waals surface area contributed by atoms with Crippen LogP contribution in [0.1, 0.15) is 5.56 Å². The van der Waals surface area contributed by atoms with E-state index in [0.717, 1.165) is 5.56 Å². The summed E-state index contributed by atoms with van der Waals surface area (Å²) in [6, 6.07) is 7.98. The van der Waals surface area contributed by atoms with Gasteiger partial charge in [0.05, 0.1) is 6.54 Å². The number of nitrogens with zero attached hydrogens (tertiary/aromatic N) is 1. The van der Waals surface area contributed by atoms with Crippen LogP contribution in [0.15, 0.2) is 30.3 Å². The van der Waals surface area contributed by atoms with Crippen molar-refractivity contribution in [1.29, 1.82) is 0 Å². The van der Waals surface area contributed by atoms with Gasteiger partial charge in [-0.25, -0.2) is 4.79 Å². The van der Waals surface area contributed by atoms with Crippen LogP contribution in [0.5, 0.6) is 0 Å². The molecule has 10 heteroatoms. The molecule has 1 aromatic rings. The first kappa shape index (κ1) is 15.2. The van der Waals surface area contributed by atoms with Gasteiger partial charge in [-0.05, 0) is 5.56 Å². The topological polar surface area (TPSA) is 122 Å². The van der Waals surface area contributed by atoms with Crippen LogP contribution in [0, 0.1) is 0 Å². The van der Waals surface area contributed by atoms with Gasteiger partial charge in [0, 0.05) is 0 Å². The van der Waals surface area contributed by atoms with Crippen molar-refractivity contribution in [3.05, 3.63) is 35.9 Å². The lowest BCUT2D eigenvalue weighted by Crippen LogP contribution is -2.63. The standard InChI is InChI=1S/C11H12N2O7S/c14-10-9(6-13(10)20-21(16,17)18)12-11(15)19-7-8-4-2-1-3-5-8/h1-5,9H,6-7H2,(H,12,15)(H,16,17,18). The van der Waals surface area contributed by atoms with E-state index in [2.05, 4.69) is 9.60 Å². The molecular formula is C11H12N2O7S. The summed E-state index contributed by atoms with van der Waals surface area (Å²) in [4.78, 5) is 22.8. The van der Waals surface area contributed by atoms with Crippen LogP contribution in [-0.2, 0) is 30.8 Å². The fraction of sp³-hybridized carbons (Fsp3) is 0.273. The Morgan fingerprint density at radius 2 is 2.05 bits per heavy atom. The first-order valence-corrected chi connectivity index (χ1v) is 7.17. The van der Waals surface area contributed by atoms with Gasteiger partial charge in [-0.1, -0.05) is 30.3 Å². The fourth-order valence-corrected chi connectivity index (χ4v) is 1.95. The van der Waals surface area contributed by atoms with Crippen molar-refractivity contribution in [3.63, 3.8) is 0 Å². The van der Waals surface area contributed by atoms with Gasteiger partial charge in [-0.3, -0.25) is 9.35 Å². The third-order valence-corrected chi connectivity index (χ3v) is 2.95. The minimum atomic E-state index is -4.75. The molecule has 1 unspecified atom stereocenters. The van der Waals surface area contributed by atoms with Crippen LogP contribution in [0.3, 0.4) is 0 Å². The van der Waals surface area contributed by atoms with Gasteiger partial charge in [0.25, 0.3) is 5.91 Å². The van der Waals surface area contributed by atoms with E-state index in [-0.39, 0.29) is 13.2 Å². The van der Waals surface area contributed by atoms with E-state index >= 15 is 0 Å². The summed E-state index contributed by atoms with van der Waals surface area (Å²) in [5.74, 6) is -0.802. The van der Waals surface area contributed by atoms with Crippen molar-refractivity contribution in [2.24, 2.45) is 0 Å². The van der Waals surface area contributed by atoms with Gasteiger partial charge in [-0.2, -0.15) is 13.5 Å². The number of nitrogens with one attached hydrogen (secondary N) is 1. The third kappa shape index (κ3) is 4.41. The quantitative estimate of drug-likeness (QED) is 0.572. The Morgan fingerprint density at radius 1 is 1.38 bits per heavy atom. The molecule has 0 aliphatic carbocycles. The highest BCUT2D eigenvalue weighted by molar-refractivity contribution is 7.80. The average molecular weight is 316 g/mol. The Hall–Kier alpha value is -2.17. The number of hydroxylamine groups is 2. The summed E-state index contributed by atoms with van der Waals surface area (Å²) in [6.45, 7) is -0.169. The van der Waals surface area contributed by atoms with E-state index in [1.807, 2.05) is 6.07 Å². The maximum absolute atomic E-state index is 11.4. The second-order valence-corrected chi connectivity index (χ2v) is 5.16. The number of hydrogen-bond donors (Lipinski definition) is 2. The first-order chi connectivity index (χ1) is 9.85. The Labute approximate surface area is 120 Å². The number of benzene rings is 1. The molecule has 1 atom stereocenters. The lowest BCUT2D eigenvalue weighted by Gasteiger charge is -2.34. The number of amides is 2. The van der Waals surface area contributed by atoms with Gasteiger partial charge < -0.3 is 10.1 Å². The van der Waals surface area contributed by atoms with Crippen LogP contribution >= 0.6 is 0 Å². The molecule has 0 radical (unpaired) electrons. The van der Waals surface area contributed by atoms with Gasteiger partial charge in [0.15, 0.2) is 0 Å². The van der Waals surface area contributed by atoms with Crippen molar-refractivity contribution < 1.29 is 31.6 Å². The smallest absolute Gasteiger partial charge is 0.418 e. The van der Waals surface area contributed by atoms with E-state index in [1.54, 1.807) is 24.3 Å². The molecule has 0 aromatic heterocycles. The highest BCUT2D eigenvalue weighted by atomic mass is 32.3. The van der Waals surface area contributed by atoms with E-state index in [9.17, 15) is 18.0 Å². The number of rotatable bonds is 5. The number of ether oxygens (including phenoxy) is 1. The minimum absolute atomic E-state index is 0.0405. The molecule has 1 aromatic carbocycles. The molecule has 1 aliphatic rings. The molecule has 1 fully saturated rings. The lowest BCUT2D eigenvalue weighted by molar-refractivity contribution is -0.180. The molecule has 0 spiro atoms. The molecular weight excluding hydrogens is 304 g/mol. The molecule has 1 heterocycles. The Kier molecular flexibility index (Phi) is 4.40. The van der Waals surface area contributed by atoms with E-state index in [1.165, 1.54) is 0 Å². The van der Waals surface area contributed by atoms with Gasteiger partial charge in [0.2, 0.25) is 0 Å². The maximum atomic E-state index is 11.4. The summed E-state index contributed by atoms with van der Waals surface area (Å²) in [5, 5.41) is 2.66. The van der Waals surface area contributed by atoms with Crippen molar-refractivity contribution in [3.8, 4) is 0 Å². The van der Waals surface area contributed by atoms with Gasteiger partial charge >= 0.3 is 16.5 Å². The number of hydrogen-bond acceptors (Lipinski definition) is 6. The van der Waals surface area contributed by atoms with Crippen LogP contribution in [0.2, 0.25) is 0 Å². The Morgan fingerprint density at radius 3 is 2.62 bits per heavy atom. The zero-order valence-corrected chi connectivity index (χ0v) is 11.4. The second-order valence-electron chi connectivity index (χ2n) is 4.16. The molecule has 21 heavy (non-hydrogen) atoms. The molecule has 9 nitrogen and oxygen atoms in total. The zero-order chi connectivity index (χ0) is 15.5. The number of carbonyl (C=O) groups excluding carboxylic acids is 2. The SMILES string of the molecule is O=C(NC1CN(OS(=O)(=O)O)C1=O)OCc1ccccc1. The Balaban J connectivity index is 1.74. The Bertz CT molecular complexity index is 631. The lowest BCUT2D eigenvalue weighted by atomic mass is 10.1. The minimum Gasteiger partial charge on any atom is -0.445 e. The summed E-state index contributed by atoms with van der Waals surface area (Å²) < 4.78 is 38.0. The first-order valence-electron chi connectivity index (χ1n) is 5.81. The van der Waals surface area contributed by atoms with Crippen LogP contribution < -0.4 is 5.32 Å². The van der Waals surface area contributed by atoms with Gasteiger partial charge in [-0.15, -0.1) is 4.28 Å². The molecule has 0 bridgehead atoms. The van der Waals surface area contributed by atoms with Crippen LogP contribution in [-0.4, -0.2) is 42.6 Å². The highest BCUT2D eigenvalue weighted by Crippen LogP contribution is 2.13. The average Bonchev–Trinajstić information content (AvgIpc) is 2.43. The maximum Gasteiger partial charge on any atom is 0.418 e. The molecule has 114 valence electrons. The normalized spacial score (nSPS) is 18.0. The van der Waals surface area contributed by atoms with Crippen molar-refractivity contribution in [2.75, 3.05) is 6.54 Å². The van der Waals surface area contributed by atoms with Crippen molar-refractivity contribution >= 4 is 22.4 Å². The predicted molar refractivity (Wildman–Crippen MR) is 67.9 cm³/mol. The fourth-order valence-electron chi connectivity index (χ4n) is 1.59. The summed E-state index contributed by atoms with van der Waals surface area (Å²) in [5.41, 5.74) is 0.781. The number of β-lactam (4-membered cyclic amide) rings is 1.